The molecule has 0 rings (SSSR count). The van der Waals surface area contributed by atoms with Crippen LogP contribution in [0.2, 0.25) is 0 Å². The molecule has 0 heterocycles. The van der Waals surface area contributed by atoms with E-state index in [0.29, 0.717) is 25.9 Å². The molecule has 0 bridgehead atoms. The molecule has 6 heteroatoms. The van der Waals surface area contributed by atoms with Crippen LogP contribution in [0.1, 0.15) is 348 Å². The number of aliphatic hydroxyl groups is 2. The Labute approximate surface area is 437 Å². The summed E-state index contributed by atoms with van der Waals surface area (Å²) in [6, 6.07) is -0.553. The third kappa shape index (κ3) is 55.7. The number of aliphatic hydroxyl groups excluding tert-OH is 2. The van der Waals surface area contributed by atoms with Crippen LogP contribution in [0, 0.1) is 0 Å². The summed E-state index contributed by atoms with van der Waals surface area (Å²) >= 11 is 0. The lowest BCUT2D eigenvalue weighted by Gasteiger charge is -2.22. The Balaban J connectivity index is 3.44. The van der Waals surface area contributed by atoms with Crippen molar-refractivity contribution in [2.24, 2.45) is 0 Å². The van der Waals surface area contributed by atoms with Crippen LogP contribution in [-0.2, 0) is 14.3 Å². The molecule has 2 atom stereocenters. The third-order valence-corrected chi connectivity index (χ3v) is 14.8. The number of ether oxygens (including phenoxy) is 1. The van der Waals surface area contributed by atoms with Crippen molar-refractivity contribution in [2.45, 2.75) is 360 Å². The number of amides is 1. The lowest BCUT2D eigenvalue weighted by atomic mass is 10.0. The number of carbonyl (C=O) groups excluding carboxylic acids is 2. The highest BCUT2D eigenvalue weighted by Gasteiger charge is 2.20. The van der Waals surface area contributed by atoms with Crippen LogP contribution in [0.4, 0.5) is 0 Å². The van der Waals surface area contributed by atoms with Gasteiger partial charge in [-0.15, -0.1) is 0 Å². The topological polar surface area (TPSA) is 95.9 Å². The molecule has 70 heavy (non-hydrogen) atoms. The minimum atomic E-state index is -0.675. The Morgan fingerprint density at radius 1 is 0.400 bits per heavy atom. The Hall–Kier alpha value is -1.66. The molecule has 0 saturated heterocycles. The van der Waals surface area contributed by atoms with E-state index in [9.17, 15) is 19.8 Å². The van der Waals surface area contributed by atoms with Crippen molar-refractivity contribution in [3.63, 3.8) is 0 Å². The number of hydrogen-bond donors (Lipinski definition) is 3. The zero-order chi connectivity index (χ0) is 50.7. The number of rotatable bonds is 59. The molecule has 3 N–H and O–H groups in total. The van der Waals surface area contributed by atoms with Crippen LogP contribution in [0.3, 0.4) is 0 Å². The second-order valence-electron chi connectivity index (χ2n) is 21.7. The predicted octanol–water partition coefficient (Wildman–Crippen LogP) is 19.8. The first-order valence-electron chi connectivity index (χ1n) is 31.6. The van der Waals surface area contributed by atoms with Crippen molar-refractivity contribution >= 4 is 11.9 Å². The van der Waals surface area contributed by atoms with Gasteiger partial charge in [-0.2, -0.15) is 0 Å². The molecule has 0 aliphatic carbocycles. The van der Waals surface area contributed by atoms with Gasteiger partial charge in [0.1, 0.15) is 0 Å². The number of unbranched alkanes of at least 4 members (excludes halogenated alkanes) is 44. The summed E-state index contributed by atoms with van der Waals surface area (Å²) < 4.78 is 5.48. The largest absolute Gasteiger partial charge is 0.466 e. The van der Waals surface area contributed by atoms with Gasteiger partial charge in [0.2, 0.25) is 5.91 Å². The van der Waals surface area contributed by atoms with Gasteiger partial charge in [-0.3, -0.25) is 9.59 Å². The summed E-state index contributed by atoms with van der Waals surface area (Å²) in [4.78, 5) is 24.6. The van der Waals surface area contributed by atoms with Gasteiger partial charge < -0.3 is 20.3 Å². The van der Waals surface area contributed by atoms with Crippen LogP contribution in [0.25, 0.3) is 0 Å². The quantitative estimate of drug-likeness (QED) is 0.0321. The van der Waals surface area contributed by atoms with Crippen molar-refractivity contribution in [1.82, 2.24) is 5.32 Å². The van der Waals surface area contributed by atoms with Crippen molar-refractivity contribution < 1.29 is 24.5 Å². The van der Waals surface area contributed by atoms with E-state index in [-0.39, 0.29) is 18.5 Å². The number of carbonyl (C=O) groups is 2. The van der Waals surface area contributed by atoms with Gasteiger partial charge in [-0.05, 0) is 57.8 Å². The van der Waals surface area contributed by atoms with Crippen molar-refractivity contribution in [3.8, 4) is 0 Å². The van der Waals surface area contributed by atoms with Crippen LogP contribution in [-0.4, -0.2) is 47.4 Å². The second kappa shape index (κ2) is 59.9. The zero-order valence-corrected chi connectivity index (χ0v) is 47.3. The van der Waals surface area contributed by atoms with E-state index in [1.807, 2.05) is 0 Å². The van der Waals surface area contributed by atoms with Gasteiger partial charge >= 0.3 is 5.97 Å². The first-order valence-corrected chi connectivity index (χ1v) is 31.6. The monoisotopic (exact) mass is 986 g/mol. The Morgan fingerprint density at radius 3 is 1.10 bits per heavy atom. The predicted molar refractivity (Wildman–Crippen MR) is 306 cm³/mol. The molecular formula is C64H123NO5. The molecule has 0 aromatic rings. The minimum Gasteiger partial charge on any atom is -0.466 e. The average Bonchev–Trinajstić information content (AvgIpc) is 3.36. The second-order valence-corrected chi connectivity index (χ2v) is 21.7. The maximum Gasteiger partial charge on any atom is 0.305 e. The van der Waals surface area contributed by atoms with Crippen LogP contribution < -0.4 is 5.32 Å². The van der Waals surface area contributed by atoms with E-state index in [0.717, 1.165) is 57.8 Å². The number of esters is 1. The lowest BCUT2D eigenvalue weighted by Crippen LogP contribution is -2.45. The minimum absolute atomic E-state index is 0.0117. The van der Waals surface area contributed by atoms with E-state index >= 15 is 0 Å². The first-order chi connectivity index (χ1) is 34.5. The van der Waals surface area contributed by atoms with Gasteiger partial charge in [-0.25, -0.2) is 0 Å². The number of nitrogens with one attached hydrogen (secondary N) is 1. The molecule has 0 radical (unpaired) electrons. The summed E-state index contributed by atoms with van der Waals surface area (Å²) in [6.45, 7) is 4.93. The van der Waals surface area contributed by atoms with Gasteiger partial charge in [-0.1, -0.05) is 301 Å². The normalized spacial score (nSPS) is 12.7. The van der Waals surface area contributed by atoms with Gasteiger partial charge in [0, 0.05) is 12.8 Å². The fraction of sp³-hybridized carbons (Fsp3) is 0.906. The molecule has 0 fully saturated rings. The van der Waals surface area contributed by atoms with E-state index in [1.54, 1.807) is 0 Å². The Kier molecular flexibility index (Phi) is 58.5. The third-order valence-electron chi connectivity index (χ3n) is 14.8. The average molecular weight is 987 g/mol. The smallest absolute Gasteiger partial charge is 0.305 e. The van der Waals surface area contributed by atoms with Gasteiger partial charge in [0.25, 0.3) is 0 Å². The SMILES string of the molecule is CCCCCC/C=C\C/C=C\CCCCCCCCCC(=O)OCCCCCCCCCCCCCCCC(=O)NC(CO)C(O)CCCCCCCCCCCCCCCCCCCCCCCC. The van der Waals surface area contributed by atoms with Crippen molar-refractivity contribution in [3.05, 3.63) is 24.3 Å². The van der Waals surface area contributed by atoms with E-state index in [4.69, 9.17) is 4.74 Å². The van der Waals surface area contributed by atoms with Gasteiger partial charge in [0.15, 0.2) is 0 Å². The molecular weight excluding hydrogens is 863 g/mol. The molecule has 0 aromatic carbocycles. The molecule has 0 aliphatic heterocycles. The standard InChI is InChI=1S/C64H123NO5/c1-3-5-7-9-11-13-15-17-19-21-23-24-25-26-27-29-32-36-40-44-48-52-56-62(67)61(60-66)65-63(68)57-53-49-45-41-37-33-31-35-39-43-47-51-55-59-70-64(69)58-54-50-46-42-38-34-30-28-22-20-18-16-14-12-10-8-6-4-2/h14,16,20,22,61-62,66-67H,3-13,15,17-19,21,23-60H2,1-2H3,(H,65,68)/b16-14-,22-20-. The Morgan fingerprint density at radius 2 is 0.714 bits per heavy atom. The molecule has 1 amide bonds. The van der Waals surface area contributed by atoms with Crippen LogP contribution in [0.5, 0.6) is 0 Å². The summed E-state index contributed by atoms with van der Waals surface area (Å²) in [6.07, 6.45) is 73.2. The summed E-state index contributed by atoms with van der Waals surface area (Å²) in [5, 5.41) is 23.4. The van der Waals surface area contributed by atoms with Crippen molar-refractivity contribution in [1.29, 1.82) is 0 Å². The fourth-order valence-electron chi connectivity index (χ4n) is 9.91. The van der Waals surface area contributed by atoms with E-state index in [2.05, 4.69) is 43.5 Å². The highest BCUT2D eigenvalue weighted by atomic mass is 16.5. The summed E-state index contributed by atoms with van der Waals surface area (Å²) in [5.74, 6) is -0.0563. The number of allylic oxidation sites excluding steroid dienone is 4. The molecule has 0 aliphatic rings. The first kappa shape index (κ1) is 68.3. The molecule has 2 unspecified atom stereocenters. The van der Waals surface area contributed by atoms with E-state index < -0.39 is 12.1 Å². The molecule has 0 saturated carbocycles. The maximum absolute atomic E-state index is 12.5. The molecule has 0 spiro atoms. The highest BCUT2D eigenvalue weighted by Crippen LogP contribution is 2.18. The fourth-order valence-corrected chi connectivity index (χ4v) is 9.91. The van der Waals surface area contributed by atoms with Crippen LogP contribution in [0.15, 0.2) is 24.3 Å². The molecule has 0 aromatic heterocycles. The summed E-state index contributed by atoms with van der Waals surface area (Å²) in [7, 11) is 0. The highest BCUT2D eigenvalue weighted by molar-refractivity contribution is 5.76. The molecule has 6 nitrogen and oxygen atoms in total. The van der Waals surface area contributed by atoms with Gasteiger partial charge in [0.05, 0.1) is 25.4 Å². The lowest BCUT2D eigenvalue weighted by molar-refractivity contribution is -0.143. The number of hydrogen-bond acceptors (Lipinski definition) is 5. The van der Waals surface area contributed by atoms with Crippen molar-refractivity contribution in [2.75, 3.05) is 13.2 Å². The zero-order valence-electron chi connectivity index (χ0n) is 47.3. The maximum atomic E-state index is 12.5. The summed E-state index contributed by atoms with van der Waals surface area (Å²) in [5.41, 5.74) is 0. The molecule has 414 valence electrons. The van der Waals surface area contributed by atoms with E-state index in [1.165, 1.54) is 257 Å². The Bertz CT molecular complexity index is 1090. The van der Waals surface area contributed by atoms with Crippen LogP contribution >= 0.6 is 0 Å².